The largest absolute Gasteiger partial charge is 0.415 e. The molecule has 0 aliphatic heterocycles. The average Bonchev–Trinajstić information content (AvgIpc) is 3.11. The number of nitrogens with one attached hydrogen (secondary N) is 1. The van der Waals surface area contributed by atoms with Crippen molar-refractivity contribution in [2.75, 3.05) is 5.32 Å². The second kappa shape index (κ2) is 8.01. The predicted octanol–water partition coefficient (Wildman–Crippen LogP) is 4.85. The summed E-state index contributed by atoms with van der Waals surface area (Å²) >= 11 is 0. The molecule has 1 unspecified atom stereocenters. The summed E-state index contributed by atoms with van der Waals surface area (Å²) in [7, 11) is 0. The minimum atomic E-state index is -4.67. The van der Waals surface area contributed by atoms with Crippen LogP contribution in [-0.2, 0) is 0 Å². The fraction of sp³-hybridized carbons (Fsp3) is 0.250. The molecule has 0 fully saturated rings. The van der Waals surface area contributed by atoms with Crippen molar-refractivity contribution < 1.29 is 35.2 Å². The smallest absolute Gasteiger partial charge is 0.391 e. The summed E-state index contributed by atoms with van der Waals surface area (Å²) in [6, 6.07) is 0.520. The van der Waals surface area contributed by atoms with E-state index in [-0.39, 0.29) is 17.4 Å². The van der Waals surface area contributed by atoms with Crippen LogP contribution in [0.3, 0.4) is 0 Å². The van der Waals surface area contributed by atoms with E-state index < -0.39 is 48.2 Å². The molecule has 6 nitrogen and oxygen atoms in total. The third-order valence-electron chi connectivity index (χ3n) is 3.60. The fourth-order valence-corrected chi connectivity index (χ4v) is 2.36. The van der Waals surface area contributed by atoms with Gasteiger partial charge in [-0.3, -0.25) is 0 Å². The van der Waals surface area contributed by atoms with Crippen LogP contribution in [0.25, 0.3) is 11.5 Å². The lowest BCUT2D eigenvalue weighted by Gasteiger charge is -2.21. The number of nitrogens with zero attached hydrogens (tertiary/aromatic N) is 4. The molecule has 0 saturated heterocycles. The van der Waals surface area contributed by atoms with Gasteiger partial charge in [-0.2, -0.15) is 22.0 Å². The summed E-state index contributed by atoms with van der Waals surface area (Å²) in [6.45, 7) is 0. The highest BCUT2D eigenvalue weighted by molar-refractivity contribution is 5.50. The molecule has 1 atom stereocenters. The first kappa shape index (κ1) is 20.5. The van der Waals surface area contributed by atoms with Gasteiger partial charge in [0.25, 0.3) is 11.8 Å². The van der Waals surface area contributed by atoms with E-state index in [2.05, 4.69) is 25.5 Å². The molecule has 29 heavy (non-hydrogen) atoms. The van der Waals surface area contributed by atoms with Crippen molar-refractivity contribution in [2.24, 2.45) is 0 Å². The predicted molar refractivity (Wildman–Crippen MR) is 83.7 cm³/mol. The van der Waals surface area contributed by atoms with Gasteiger partial charge in [-0.25, -0.2) is 18.7 Å². The molecule has 3 aromatic rings. The lowest BCUT2D eigenvalue weighted by Crippen LogP contribution is -2.22. The van der Waals surface area contributed by atoms with Crippen LogP contribution >= 0.6 is 0 Å². The minimum Gasteiger partial charge on any atom is -0.415 e. The van der Waals surface area contributed by atoms with E-state index in [9.17, 15) is 30.7 Å². The van der Waals surface area contributed by atoms with E-state index in [4.69, 9.17) is 4.42 Å². The van der Waals surface area contributed by atoms with Crippen molar-refractivity contribution in [1.29, 1.82) is 0 Å². The van der Waals surface area contributed by atoms with Crippen LogP contribution in [0.5, 0.6) is 0 Å². The normalized spacial score (nSPS) is 13.0. The van der Waals surface area contributed by atoms with E-state index in [0.717, 1.165) is 24.5 Å². The van der Waals surface area contributed by atoms with Crippen LogP contribution in [-0.4, -0.2) is 26.3 Å². The van der Waals surface area contributed by atoms with E-state index in [0.29, 0.717) is 6.07 Å². The number of hydrogen-bond donors (Lipinski definition) is 1. The van der Waals surface area contributed by atoms with Crippen molar-refractivity contribution in [2.45, 2.75) is 25.1 Å². The molecule has 154 valence electrons. The Balaban J connectivity index is 1.83. The molecular formula is C16H10F7N5O. The lowest BCUT2D eigenvalue weighted by atomic mass is 10.0. The maximum atomic E-state index is 14.0. The Labute approximate surface area is 157 Å². The molecule has 13 heteroatoms. The Hall–Kier alpha value is -3.25. The van der Waals surface area contributed by atoms with E-state index in [1.54, 1.807) is 0 Å². The average molecular weight is 421 g/mol. The summed E-state index contributed by atoms with van der Waals surface area (Å²) in [6.07, 6.45) is -7.05. The zero-order valence-corrected chi connectivity index (χ0v) is 14.1. The summed E-state index contributed by atoms with van der Waals surface area (Å²) in [5.41, 5.74) is -0.398. The molecule has 2 aromatic heterocycles. The Bertz CT molecular complexity index is 975. The van der Waals surface area contributed by atoms with Gasteiger partial charge in [-0.05, 0) is 6.07 Å². The molecule has 0 amide bonds. The minimum absolute atomic E-state index is 0.0373. The first-order valence-electron chi connectivity index (χ1n) is 7.84. The molecule has 0 saturated carbocycles. The Kier molecular flexibility index (Phi) is 5.66. The number of alkyl halides is 5. The van der Waals surface area contributed by atoms with Gasteiger partial charge in [-0.15, -0.1) is 10.2 Å². The molecule has 0 bridgehead atoms. The van der Waals surface area contributed by atoms with E-state index >= 15 is 0 Å². The summed E-state index contributed by atoms with van der Waals surface area (Å²) < 4.78 is 95.3. The summed E-state index contributed by atoms with van der Waals surface area (Å²) in [4.78, 5) is 7.50. The Morgan fingerprint density at radius 2 is 1.72 bits per heavy atom. The maximum Gasteiger partial charge on any atom is 0.391 e. The Morgan fingerprint density at radius 1 is 1.03 bits per heavy atom. The molecular weight excluding hydrogens is 411 g/mol. The van der Waals surface area contributed by atoms with Gasteiger partial charge < -0.3 is 9.73 Å². The topological polar surface area (TPSA) is 76.7 Å². The van der Waals surface area contributed by atoms with Crippen molar-refractivity contribution >= 4 is 5.95 Å². The number of rotatable bonds is 6. The summed E-state index contributed by atoms with van der Waals surface area (Å²) in [5.74, 6) is -3.67. The van der Waals surface area contributed by atoms with Crippen molar-refractivity contribution in [3.8, 4) is 11.5 Å². The number of hydrogen-bond acceptors (Lipinski definition) is 6. The first-order valence-corrected chi connectivity index (χ1v) is 7.84. The van der Waals surface area contributed by atoms with Gasteiger partial charge in [0.1, 0.15) is 11.6 Å². The Morgan fingerprint density at radius 3 is 2.28 bits per heavy atom. The molecule has 0 spiro atoms. The molecule has 0 aliphatic rings. The quantitative estimate of drug-likeness (QED) is 0.574. The highest BCUT2D eigenvalue weighted by atomic mass is 19.4. The molecule has 1 aromatic carbocycles. The van der Waals surface area contributed by atoms with Gasteiger partial charge in [0.2, 0.25) is 5.95 Å². The van der Waals surface area contributed by atoms with E-state index in [1.807, 2.05) is 0 Å². The van der Waals surface area contributed by atoms with Crippen LogP contribution in [0, 0.1) is 11.6 Å². The van der Waals surface area contributed by atoms with Gasteiger partial charge in [0.15, 0.2) is 0 Å². The maximum absolute atomic E-state index is 14.0. The second-order valence-electron chi connectivity index (χ2n) is 5.72. The SMILES string of the molecule is Fc1ccc(C(CC(F)(F)F)Nc2ncc(-c3nnc(C(F)F)o3)cn2)c(F)c1. The first-order chi connectivity index (χ1) is 13.6. The van der Waals surface area contributed by atoms with Gasteiger partial charge >= 0.3 is 12.6 Å². The number of anilines is 1. The molecule has 0 radical (unpaired) electrons. The third kappa shape index (κ3) is 5.18. The van der Waals surface area contributed by atoms with Gasteiger partial charge in [-0.1, -0.05) is 6.07 Å². The van der Waals surface area contributed by atoms with Crippen LogP contribution < -0.4 is 5.32 Å². The van der Waals surface area contributed by atoms with Gasteiger partial charge in [0, 0.05) is 24.0 Å². The molecule has 2 heterocycles. The third-order valence-corrected chi connectivity index (χ3v) is 3.60. The van der Waals surface area contributed by atoms with Crippen molar-refractivity contribution in [3.05, 3.63) is 53.7 Å². The van der Waals surface area contributed by atoms with Crippen LogP contribution in [0.1, 0.15) is 30.3 Å². The molecule has 1 N–H and O–H groups in total. The fourth-order valence-electron chi connectivity index (χ4n) is 2.36. The van der Waals surface area contributed by atoms with E-state index in [1.165, 1.54) is 0 Å². The van der Waals surface area contributed by atoms with Gasteiger partial charge in [0.05, 0.1) is 18.0 Å². The van der Waals surface area contributed by atoms with Crippen LogP contribution in [0.4, 0.5) is 36.7 Å². The van der Waals surface area contributed by atoms with Crippen LogP contribution in [0.2, 0.25) is 0 Å². The van der Waals surface area contributed by atoms with Crippen molar-refractivity contribution in [1.82, 2.24) is 20.2 Å². The monoisotopic (exact) mass is 421 g/mol. The highest BCUT2D eigenvalue weighted by Gasteiger charge is 2.34. The number of benzene rings is 1. The zero-order chi connectivity index (χ0) is 21.2. The zero-order valence-electron chi connectivity index (χ0n) is 14.1. The number of halogens is 7. The lowest BCUT2D eigenvalue weighted by molar-refractivity contribution is -0.137. The summed E-state index contributed by atoms with van der Waals surface area (Å²) in [5, 5.41) is 8.83. The molecule has 0 aliphatic carbocycles. The highest BCUT2D eigenvalue weighted by Crippen LogP contribution is 2.33. The van der Waals surface area contributed by atoms with Crippen LogP contribution in [0.15, 0.2) is 35.0 Å². The second-order valence-corrected chi connectivity index (χ2v) is 5.72. The molecule has 3 rings (SSSR count). The van der Waals surface area contributed by atoms with Crippen molar-refractivity contribution in [3.63, 3.8) is 0 Å². The number of aromatic nitrogens is 4. The standard InChI is InChI=1S/C16H10F7N5O/c17-8-1-2-9(10(18)3-8)11(4-16(21,22)23)26-15-24-5-7(6-25-15)13-27-28-14(29-13)12(19)20/h1-3,5-6,11-12H,4H2,(H,24,25,26).